The summed E-state index contributed by atoms with van der Waals surface area (Å²) in [7, 11) is 0. The van der Waals surface area contributed by atoms with Gasteiger partial charge < -0.3 is 4.74 Å². The maximum absolute atomic E-state index is 6.05. The molecule has 1 fully saturated rings. The van der Waals surface area contributed by atoms with E-state index in [1.54, 1.807) is 0 Å². The van der Waals surface area contributed by atoms with Crippen molar-refractivity contribution in [3.63, 3.8) is 0 Å². The topological polar surface area (TPSA) is 9.23 Å². The molecular weight excluding hydrogens is 323 g/mol. The molecule has 1 aliphatic heterocycles. The summed E-state index contributed by atoms with van der Waals surface area (Å²) in [5.41, 5.74) is 1.55. The van der Waals surface area contributed by atoms with Crippen LogP contribution in [0.15, 0.2) is 18.2 Å². The summed E-state index contributed by atoms with van der Waals surface area (Å²) in [4.78, 5) is 0. The minimum Gasteiger partial charge on any atom is -0.381 e. The van der Waals surface area contributed by atoms with Crippen molar-refractivity contribution in [3.05, 3.63) is 33.8 Å². The van der Waals surface area contributed by atoms with Gasteiger partial charge in [0.15, 0.2) is 0 Å². The standard InChI is InChI=1S/C13H15BrCl2O/c14-9-13(3-5-17-6-4-13)8-10-1-2-11(15)12(16)7-10/h1-2,7H,3-6,8-9H2. The Morgan fingerprint density at radius 2 is 1.88 bits per heavy atom. The zero-order valence-electron chi connectivity index (χ0n) is 9.52. The van der Waals surface area contributed by atoms with E-state index in [4.69, 9.17) is 27.9 Å². The molecule has 0 N–H and O–H groups in total. The van der Waals surface area contributed by atoms with Crippen molar-refractivity contribution >= 4 is 39.1 Å². The first-order valence-corrected chi connectivity index (χ1v) is 7.61. The van der Waals surface area contributed by atoms with E-state index in [0.29, 0.717) is 15.5 Å². The third-order valence-electron chi connectivity index (χ3n) is 3.40. The van der Waals surface area contributed by atoms with Gasteiger partial charge in [-0.1, -0.05) is 45.2 Å². The Balaban J connectivity index is 2.14. The lowest BCUT2D eigenvalue weighted by molar-refractivity contribution is 0.0270. The van der Waals surface area contributed by atoms with Crippen molar-refractivity contribution in [2.24, 2.45) is 5.41 Å². The number of alkyl halides is 1. The highest BCUT2D eigenvalue weighted by atomic mass is 79.9. The number of halogens is 3. The van der Waals surface area contributed by atoms with Crippen LogP contribution in [0.5, 0.6) is 0 Å². The van der Waals surface area contributed by atoms with E-state index in [1.807, 2.05) is 12.1 Å². The van der Waals surface area contributed by atoms with Crippen LogP contribution in [0.4, 0.5) is 0 Å². The van der Waals surface area contributed by atoms with Gasteiger partial charge in [0.2, 0.25) is 0 Å². The Kier molecular flexibility index (Phi) is 4.76. The third kappa shape index (κ3) is 3.37. The fourth-order valence-electron chi connectivity index (χ4n) is 2.24. The highest BCUT2D eigenvalue weighted by molar-refractivity contribution is 9.09. The van der Waals surface area contributed by atoms with E-state index in [2.05, 4.69) is 22.0 Å². The van der Waals surface area contributed by atoms with Crippen LogP contribution in [0.3, 0.4) is 0 Å². The summed E-state index contributed by atoms with van der Waals surface area (Å²) in [6, 6.07) is 5.92. The first kappa shape index (κ1) is 13.7. The van der Waals surface area contributed by atoms with Crippen LogP contribution in [-0.4, -0.2) is 18.5 Å². The van der Waals surface area contributed by atoms with E-state index in [1.165, 1.54) is 5.56 Å². The van der Waals surface area contributed by atoms with Crippen molar-refractivity contribution in [1.29, 1.82) is 0 Å². The Bertz CT molecular complexity index is 389. The van der Waals surface area contributed by atoms with Crippen LogP contribution in [0.2, 0.25) is 10.0 Å². The average molecular weight is 338 g/mol. The second-order valence-electron chi connectivity index (χ2n) is 4.67. The predicted molar refractivity (Wildman–Crippen MR) is 76.4 cm³/mol. The number of rotatable bonds is 3. The molecular formula is C13H15BrCl2O. The molecule has 0 aromatic heterocycles. The molecule has 0 bridgehead atoms. The van der Waals surface area contributed by atoms with Crippen molar-refractivity contribution in [3.8, 4) is 0 Å². The van der Waals surface area contributed by atoms with E-state index < -0.39 is 0 Å². The first-order chi connectivity index (χ1) is 8.15. The van der Waals surface area contributed by atoms with Gasteiger partial charge in [-0.3, -0.25) is 0 Å². The molecule has 17 heavy (non-hydrogen) atoms. The van der Waals surface area contributed by atoms with E-state index >= 15 is 0 Å². The quantitative estimate of drug-likeness (QED) is 0.724. The molecule has 1 aromatic rings. The van der Waals surface area contributed by atoms with Gasteiger partial charge in [-0.25, -0.2) is 0 Å². The first-order valence-electron chi connectivity index (χ1n) is 5.73. The molecule has 0 unspecified atom stereocenters. The summed E-state index contributed by atoms with van der Waals surface area (Å²) >= 11 is 15.6. The number of ether oxygens (including phenoxy) is 1. The van der Waals surface area contributed by atoms with Crippen molar-refractivity contribution in [2.75, 3.05) is 18.5 Å². The lowest BCUT2D eigenvalue weighted by atomic mass is 9.77. The molecule has 1 aromatic carbocycles. The SMILES string of the molecule is Clc1ccc(CC2(CBr)CCOCC2)cc1Cl. The molecule has 1 nitrogen and oxygen atoms in total. The van der Waals surface area contributed by atoms with Crippen LogP contribution >= 0.6 is 39.1 Å². The number of benzene rings is 1. The molecule has 2 rings (SSSR count). The second-order valence-corrected chi connectivity index (χ2v) is 6.05. The lowest BCUT2D eigenvalue weighted by Gasteiger charge is -2.35. The van der Waals surface area contributed by atoms with Crippen molar-refractivity contribution in [2.45, 2.75) is 19.3 Å². The maximum Gasteiger partial charge on any atom is 0.0595 e. The van der Waals surface area contributed by atoms with Gasteiger partial charge in [-0.15, -0.1) is 0 Å². The van der Waals surface area contributed by atoms with E-state index in [0.717, 1.165) is 37.8 Å². The van der Waals surface area contributed by atoms with Crippen LogP contribution in [0, 0.1) is 5.41 Å². The van der Waals surface area contributed by atoms with E-state index in [9.17, 15) is 0 Å². The van der Waals surface area contributed by atoms with Gasteiger partial charge in [-0.2, -0.15) is 0 Å². The van der Waals surface area contributed by atoms with Crippen LogP contribution in [-0.2, 0) is 11.2 Å². The third-order valence-corrected chi connectivity index (χ3v) is 5.33. The highest BCUT2D eigenvalue weighted by Crippen LogP contribution is 2.37. The number of hydrogen-bond acceptors (Lipinski definition) is 1. The molecule has 1 saturated heterocycles. The predicted octanol–water partition coefficient (Wildman–Crippen LogP) is 4.73. The van der Waals surface area contributed by atoms with Gasteiger partial charge in [0.05, 0.1) is 10.0 Å². The maximum atomic E-state index is 6.05. The highest BCUT2D eigenvalue weighted by Gasteiger charge is 2.31. The molecule has 1 heterocycles. The average Bonchev–Trinajstić information content (AvgIpc) is 2.35. The molecule has 0 aliphatic carbocycles. The fraction of sp³-hybridized carbons (Fsp3) is 0.538. The molecule has 0 amide bonds. The normalized spacial score (nSPS) is 19.2. The molecule has 1 aliphatic rings. The minimum atomic E-state index is 0.301. The second kappa shape index (κ2) is 5.92. The van der Waals surface area contributed by atoms with Gasteiger partial charge in [0.25, 0.3) is 0 Å². The van der Waals surface area contributed by atoms with Gasteiger partial charge in [0.1, 0.15) is 0 Å². The molecule has 0 atom stereocenters. The van der Waals surface area contributed by atoms with Crippen molar-refractivity contribution in [1.82, 2.24) is 0 Å². The Morgan fingerprint density at radius 1 is 1.18 bits per heavy atom. The monoisotopic (exact) mass is 336 g/mol. The number of hydrogen-bond donors (Lipinski definition) is 0. The van der Waals surface area contributed by atoms with Crippen LogP contribution in [0.1, 0.15) is 18.4 Å². The van der Waals surface area contributed by atoms with Crippen LogP contribution < -0.4 is 0 Å². The van der Waals surface area contributed by atoms with Gasteiger partial charge in [-0.05, 0) is 42.4 Å². The van der Waals surface area contributed by atoms with Crippen molar-refractivity contribution < 1.29 is 4.74 Å². The Morgan fingerprint density at radius 3 is 2.47 bits per heavy atom. The summed E-state index contributed by atoms with van der Waals surface area (Å²) in [5, 5.41) is 2.26. The largest absolute Gasteiger partial charge is 0.381 e. The Labute approximate surface area is 121 Å². The smallest absolute Gasteiger partial charge is 0.0595 e. The molecule has 94 valence electrons. The summed E-state index contributed by atoms with van der Waals surface area (Å²) in [6.07, 6.45) is 3.22. The molecule has 4 heteroatoms. The zero-order valence-corrected chi connectivity index (χ0v) is 12.6. The lowest BCUT2D eigenvalue weighted by Crippen LogP contribution is -2.33. The fourth-order valence-corrected chi connectivity index (χ4v) is 3.32. The molecule has 0 saturated carbocycles. The molecule has 0 radical (unpaired) electrons. The summed E-state index contributed by atoms with van der Waals surface area (Å²) in [6.45, 7) is 1.71. The van der Waals surface area contributed by atoms with Gasteiger partial charge in [0, 0.05) is 18.5 Å². The summed E-state index contributed by atoms with van der Waals surface area (Å²) < 4.78 is 5.44. The van der Waals surface area contributed by atoms with Gasteiger partial charge >= 0.3 is 0 Å². The van der Waals surface area contributed by atoms with E-state index in [-0.39, 0.29) is 0 Å². The van der Waals surface area contributed by atoms with Crippen LogP contribution in [0.25, 0.3) is 0 Å². The minimum absolute atomic E-state index is 0.301. The summed E-state index contributed by atoms with van der Waals surface area (Å²) in [5.74, 6) is 0. The zero-order chi connectivity index (χ0) is 12.3. The molecule has 0 spiro atoms. The Hall–Kier alpha value is 0.240.